The molecule has 7 rings (SSSR count). The molecule has 0 aliphatic carbocycles. The van der Waals surface area contributed by atoms with Gasteiger partial charge in [-0.15, -0.1) is 0 Å². The second-order valence-electron chi connectivity index (χ2n) is 16.1. The van der Waals surface area contributed by atoms with Crippen LogP contribution >= 0.6 is 11.6 Å². The number of rotatable bonds is 2. The summed E-state index contributed by atoms with van der Waals surface area (Å²) in [6.45, 7) is 41.2. The SMILES string of the molecule is Cc1c(C)c(-c2c(C)c(C)c(C)c3c2[nH]c2c(C)c(C)c(C)c(C)c23)c(Cl)c(-n2c3c(C)c(C)c(C)c(C)c3c3c(C)c(C)c(C)c(C)c32)c1C. The van der Waals surface area contributed by atoms with Crippen molar-refractivity contribution in [3.05, 3.63) is 105 Å². The molecule has 0 saturated carbocycles. The number of halogens is 1. The second-order valence-corrected chi connectivity index (χ2v) is 16.4. The van der Waals surface area contributed by atoms with E-state index in [0.717, 1.165) is 16.3 Å². The van der Waals surface area contributed by atoms with Gasteiger partial charge in [0.15, 0.2) is 0 Å². The number of aromatic nitrogens is 2. The Kier molecular flexibility index (Phi) is 7.98. The fourth-order valence-corrected chi connectivity index (χ4v) is 10.0. The van der Waals surface area contributed by atoms with Crippen molar-refractivity contribution in [1.82, 2.24) is 9.55 Å². The monoisotopic (exact) mass is 694 g/mol. The summed E-state index contributed by atoms with van der Waals surface area (Å²) >= 11 is 8.09. The fraction of sp³-hybridized carbons (Fsp3) is 0.375. The molecule has 0 saturated heterocycles. The molecule has 0 aliphatic rings. The van der Waals surface area contributed by atoms with E-state index in [-0.39, 0.29) is 0 Å². The first kappa shape index (κ1) is 35.4. The molecule has 0 amide bonds. The topological polar surface area (TPSA) is 20.7 Å². The van der Waals surface area contributed by atoms with E-state index < -0.39 is 0 Å². The van der Waals surface area contributed by atoms with E-state index in [9.17, 15) is 0 Å². The highest BCUT2D eigenvalue weighted by atomic mass is 35.5. The average molecular weight is 695 g/mol. The number of aryl methyl sites for hydroxylation is 7. The Hall–Kier alpha value is -4.01. The zero-order valence-electron chi connectivity index (χ0n) is 34.3. The van der Waals surface area contributed by atoms with Gasteiger partial charge in [0.05, 0.1) is 27.3 Å². The van der Waals surface area contributed by atoms with Crippen molar-refractivity contribution in [2.24, 2.45) is 0 Å². The summed E-state index contributed by atoms with van der Waals surface area (Å²) in [5, 5.41) is 6.23. The van der Waals surface area contributed by atoms with Crippen LogP contribution in [0, 0.1) is 125 Å². The second kappa shape index (κ2) is 11.5. The van der Waals surface area contributed by atoms with Gasteiger partial charge in [0.1, 0.15) is 0 Å². The third-order valence-corrected chi connectivity index (χ3v) is 14.7. The molecule has 3 heteroatoms. The Morgan fingerprint density at radius 3 is 1.12 bits per heavy atom. The van der Waals surface area contributed by atoms with Crippen LogP contribution in [0.1, 0.15) is 100 Å². The third kappa shape index (κ3) is 4.29. The molecule has 0 fully saturated rings. The lowest BCUT2D eigenvalue weighted by molar-refractivity contribution is 1.09. The molecule has 51 heavy (non-hydrogen) atoms. The zero-order chi connectivity index (χ0) is 37.6. The molecular formula is C48H55ClN2. The van der Waals surface area contributed by atoms with Gasteiger partial charge in [-0.25, -0.2) is 0 Å². The standard InChI is InChI=1S/C48H55ClN2/c1-19-22(4)33(15)44-39(28(19)10)40-30(12)25(7)29(11)38(45(40)50-44)37-27(9)26(8)36(18)48(43(37)49)51-46-34(16)23(5)20(2)31(13)41(46)42-32(14)21(3)24(6)35(17)47(42)51/h50H,1-18H3. The predicted octanol–water partition coefficient (Wildman–Crippen LogP) is 14.3. The first-order valence-corrected chi connectivity index (χ1v) is 19.0. The van der Waals surface area contributed by atoms with Crippen LogP contribution in [-0.4, -0.2) is 9.55 Å². The average Bonchev–Trinajstić information content (AvgIpc) is 3.67. The lowest BCUT2D eigenvalue weighted by Crippen LogP contribution is -2.08. The molecule has 0 aliphatic heterocycles. The Bertz CT molecular complexity index is 2680. The van der Waals surface area contributed by atoms with Crippen LogP contribution in [0.25, 0.3) is 60.4 Å². The van der Waals surface area contributed by atoms with Crippen molar-refractivity contribution in [3.8, 4) is 16.8 Å². The van der Waals surface area contributed by atoms with Gasteiger partial charge in [-0.1, -0.05) is 11.6 Å². The maximum absolute atomic E-state index is 8.09. The lowest BCUT2D eigenvalue weighted by Gasteiger charge is -2.25. The molecule has 0 atom stereocenters. The van der Waals surface area contributed by atoms with E-state index in [0.29, 0.717) is 0 Å². The van der Waals surface area contributed by atoms with Gasteiger partial charge in [0, 0.05) is 38.2 Å². The molecular weight excluding hydrogens is 640 g/mol. The van der Waals surface area contributed by atoms with E-state index in [1.54, 1.807) is 0 Å². The summed E-state index contributed by atoms with van der Waals surface area (Å²) < 4.78 is 2.57. The highest BCUT2D eigenvalue weighted by Gasteiger charge is 2.30. The van der Waals surface area contributed by atoms with Crippen molar-refractivity contribution in [3.63, 3.8) is 0 Å². The van der Waals surface area contributed by atoms with Crippen LogP contribution in [0.5, 0.6) is 0 Å². The highest BCUT2D eigenvalue weighted by molar-refractivity contribution is 6.37. The van der Waals surface area contributed by atoms with Gasteiger partial charge in [-0.3, -0.25) is 0 Å². The molecule has 264 valence electrons. The molecule has 2 heterocycles. The molecule has 2 nitrogen and oxygen atoms in total. The number of H-pyrrole nitrogens is 1. The number of benzene rings is 5. The number of nitrogens with one attached hydrogen (secondary N) is 1. The van der Waals surface area contributed by atoms with Gasteiger partial charge in [-0.2, -0.15) is 0 Å². The number of hydrogen-bond donors (Lipinski definition) is 1. The molecule has 7 aromatic rings. The Balaban J connectivity index is 1.77. The van der Waals surface area contributed by atoms with Gasteiger partial charge >= 0.3 is 0 Å². The summed E-state index contributed by atoms with van der Waals surface area (Å²) in [4.78, 5) is 4.03. The van der Waals surface area contributed by atoms with Crippen LogP contribution in [0.4, 0.5) is 0 Å². The first-order chi connectivity index (χ1) is 23.8. The largest absolute Gasteiger partial charge is 0.354 e. The van der Waals surface area contributed by atoms with E-state index in [2.05, 4.69) is 134 Å². The smallest absolute Gasteiger partial charge is 0.0731 e. The zero-order valence-corrected chi connectivity index (χ0v) is 35.1. The first-order valence-electron chi connectivity index (χ1n) is 18.6. The van der Waals surface area contributed by atoms with Crippen molar-refractivity contribution in [1.29, 1.82) is 0 Å². The predicted molar refractivity (Wildman–Crippen MR) is 226 cm³/mol. The van der Waals surface area contributed by atoms with E-state index in [1.807, 2.05) is 0 Å². The normalized spacial score (nSPS) is 12.2. The summed E-state index contributed by atoms with van der Waals surface area (Å²) in [7, 11) is 0. The number of fused-ring (bicyclic) bond motifs is 6. The van der Waals surface area contributed by atoms with E-state index >= 15 is 0 Å². The van der Waals surface area contributed by atoms with Gasteiger partial charge in [-0.05, 0) is 225 Å². The molecule has 5 aromatic carbocycles. The molecule has 0 radical (unpaired) electrons. The maximum Gasteiger partial charge on any atom is 0.0731 e. The molecule has 0 spiro atoms. The molecule has 0 bridgehead atoms. The minimum Gasteiger partial charge on any atom is -0.354 e. The Morgan fingerprint density at radius 1 is 0.314 bits per heavy atom. The molecule has 1 N–H and O–H groups in total. The molecule has 2 aromatic heterocycles. The highest BCUT2D eigenvalue weighted by Crippen LogP contribution is 2.51. The number of hydrogen-bond acceptors (Lipinski definition) is 0. The summed E-state index contributed by atoms with van der Waals surface area (Å²) in [5.74, 6) is 0. The third-order valence-electron chi connectivity index (χ3n) is 14.3. The van der Waals surface area contributed by atoms with E-state index in [4.69, 9.17) is 11.6 Å². The number of aromatic amines is 1. The van der Waals surface area contributed by atoms with E-state index in [1.165, 1.54) is 149 Å². The minimum absolute atomic E-state index is 0.826. The van der Waals surface area contributed by atoms with Crippen LogP contribution in [0.3, 0.4) is 0 Å². The maximum atomic E-state index is 8.09. The van der Waals surface area contributed by atoms with Gasteiger partial charge < -0.3 is 9.55 Å². The van der Waals surface area contributed by atoms with Crippen LogP contribution in [0.15, 0.2) is 0 Å². The lowest BCUT2D eigenvalue weighted by atomic mass is 9.85. The fourth-order valence-electron chi connectivity index (χ4n) is 9.56. The van der Waals surface area contributed by atoms with Crippen molar-refractivity contribution in [2.45, 2.75) is 125 Å². The van der Waals surface area contributed by atoms with Crippen molar-refractivity contribution >= 4 is 55.2 Å². The minimum atomic E-state index is 0.826. The van der Waals surface area contributed by atoms with Crippen molar-refractivity contribution in [2.75, 3.05) is 0 Å². The Morgan fingerprint density at radius 2 is 0.647 bits per heavy atom. The Labute approximate surface area is 310 Å². The van der Waals surface area contributed by atoms with Crippen LogP contribution in [-0.2, 0) is 0 Å². The summed E-state index contributed by atoms with van der Waals surface area (Å²) in [6.07, 6.45) is 0. The van der Waals surface area contributed by atoms with Crippen molar-refractivity contribution < 1.29 is 0 Å². The molecule has 0 unspecified atom stereocenters. The van der Waals surface area contributed by atoms with Gasteiger partial charge in [0.25, 0.3) is 0 Å². The summed E-state index contributed by atoms with van der Waals surface area (Å²) in [5.41, 5.74) is 32.5. The quantitative estimate of drug-likeness (QED) is 0.186. The van der Waals surface area contributed by atoms with Crippen LogP contribution < -0.4 is 0 Å². The van der Waals surface area contributed by atoms with Gasteiger partial charge in [0.2, 0.25) is 0 Å². The van der Waals surface area contributed by atoms with Crippen LogP contribution in [0.2, 0.25) is 5.02 Å². The summed E-state index contributed by atoms with van der Waals surface area (Å²) in [6, 6.07) is 0. The number of nitrogens with zero attached hydrogens (tertiary/aromatic N) is 1.